The van der Waals surface area contributed by atoms with E-state index in [1.165, 1.54) is 7.11 Å². The molecule has 0 heterocycles. The quantitative estimate of drug-likeness (QED) is 0.775. The second-order valence-corrected chi connectivity index (χ2v) is 4.15. The van der Waals surface area contributed by atoms with E-state index >= 15 is 0 Å². The molecule has 1 unspecified atom stereocenters. The van der Waals surface area contributed by atoms with Gasteiger partial charge in [-0.3, -0.25) is 0 Å². The Labute approximate surface area is 115 Å². The Balaban J connectivity index is 2.73. The lowest BCUT2D eigenvalue weighted by Gasteiger charge is -2.14. The minimum atomic E-state index is -1.09. The summed E-state index contributed by atoms with van der Waals surface area (Å²) in [4.78, 5) is 22.5. The van der Waals surface area contributed by atoms with Gasteiger partial charge in [0.25, 0.3) is 0 Å². The molecule has 7 heteroatoms. The number of rotatable bonds is 5. The number of anilines is 1. The molecule has 0 aromatic heterocycles. The summed E-state index contributed by atoms with van der Waals surface area (Å²) in [6, 6.07) is 3.19. The normalized spacial score (nSPS) is 11.5. The van der Waals surface area contributed by atoms with Crippen molar-refractivity contribution in [3.05, 3.63) is 23.2 Å². The molecule has 0 aliphatic carbocycles. The Morgan fingerprint density at radius 3 is 2.68 bits per heavy atom. The third-order valence-electron chi connectivity index (χ3n) is 2.43. The Kier molecular flexibility index (Phi) is 5.44. The first-order valence-electron chi connectivity index (χ1n) is 5.61. The van der Waals surface area contributed by atoms with Gasteiger partial charge in [0.05, 0.1) is 17.8 Å². The molecule has 0 radical (unpaired) electrons. The number of methoxy groups -OCH3 is 1. The second-order valence-electron chi connectivity index (χ2n) is 3.74. The van der Waals surface area contributed by atoms with Crippen molar-refractivity contribution in [2.24, 2.45) is 0 Å². The zero-order chi connectivity index (χ0) is 14.4. The maximum Gasteiger partial charge on any atom is 0.326 e. The molecule has 1 atom stereocenters. The van der Waals surface area contributed by atoms with Crippen molar-refractivity contribution in [2.75, 3.05) is 12.4 Å². The number of halogens is 1. The van der Waals surface area contributed by atoms with E-state index in [0.29, 0.717) is 16.5 Å². The molecule has 2 amide bonds. The number of amides is 2. The predicted octanol–water partition coefficient (Wildman–Crippen LogP) is 2.33. The maximum atomic E-state index is 11.7. The molecule has 0 aliphatic rings. The molecule has 1 aromatic rings. The van der Waals surface area contributed by atoms with Crippen LogP contribution in [-0.2, 0) is 4.79 Å². The van der Waals surface area contributed by atoms with Crippen molar-refractivity contribution in [1.82, 2.24) is 5.32 Å². The summed E-state index contributed by atoms with van der Waals surface area (Å²) in [5.74, 6) is -0.556. The summed E-state index contributed by atoms with van der Waals surface area (Å²) in [6.07, 6.45) is 0.286. The third-order valence-corrected chi connectivity index (χ3v) is 2.76. The Hall–Kier alpha value is -1.95. The number of carboxylic acids is 1. The molecule has 3 N–H and O–H groups in total. The van der Waals surface area contributed by atoms with Crippen LogP contribution in [0.2, 0.25) is 5.02 Å². The molecule has 0 bridgehead atoms. The van der Waals surface area contributed by atoms with E-state index in [-0.39, 0.29) is 6.42 Å². The van der Waals surface area contributed by atoms with Gasteiger partial charge in [0.2, 0.25) is 0 Å². The lowest BCUT2D eigenvalue weighted by molar-refractivity contribution is -0.139. The van der Waals surface area contributed by atoms with Gasteiger partial charge in [-0.25, -0.2) is 9.59 Å². The number of carbonyl (C=O) groups excluding carboxylic acids is 1. The summed E-state index contributed by atoms with van der Waals surface area (Å²) in [5.41, 5.74) is 0.346. The van der Waals surface area contributed by atoms with E-state index in [4.69, 9.17) is 21.4 Å². The molecule has 1 aromatic carbocycles. The van der Waals surface area contributed by atoms with Gasteiger partial charge in [-0.2, -0.15) is 0 Å². The molecule has 6 nitrogen and oxygen atoms in total. The molecule has 1 rings (SSSR count). The van der Waals surface area contributed by atoms with Crippen LogP contribution in [0, 0.1) is 0 Å². The first-order chi connectivity index (χ1) is 8.97. The second kappa shape index (κ2) is 6.84. The number of carboxylic acid groups (broad SMARTS) is 1. The highest BCUT2D eigenvalue weighted by molar-refractivity contribution is 6.33. The van der Waals surface area contributed by atoms with E-state index in [9.17, 15) is 9.59 Å². The van der Waals surface area contributed by atoms with Crippen molar-refractivity contribution in [3.8, 4) is 5.75 Å². The van der Waals surface area contributed by atoms with Crippen LogP contribution in [0.15, 0.2) is 18.2 Å². The lowest BCUT2D eigenvalue weighted by atomic mass is 10.2. The van der Waals surface area contributed by atoms with Gasteiger partial charge in [0.1, 0.15) is 11.8 Å². The van der Waals surface area contributed by atoms with Crippen molar-refractivity contribution >= 4 is 29.3 Å². The third kappa shape index (κ3) is 4.33. The molecule has 0 saturated carbocycles. The molecule has 0 spiro atoms. The minimum Gasteiger partial charge on any atom is -0.497 e. The SMILES string of the molecule is CCC(NC(=O)Nc1cc(OC)ccc1Cl)C(=O)O. The topological polar surface area (TPSA) is 87.7 Å². The van der Waals surface area contributed by atoms with Crippen molar-refractivity contribution in [3.63, 3.8) is 0 Å². The van der Waals surface area contributed by atoms with Gasteiger partial charge in [0, 0.05) is 6.07 Å². The smallest absolute Gasteiger partial charge is 0.326 e. The van der Waals surface area contributed by atoms with Crippen LogP contribution in [0.3, 0.4) is 0 Å². The van der Waals surface area contributed by atoms with Gasteiger partial charge in [-0.15, -0.1) is 0 Å². The van der Waals surface area contributed by atoms with E-state index in [2.05, 4.69) is 10.6 Å². The number of hydrogen-bond donors (Lipinski definition) is 3. The summed E-state index contributed by atoms with van der Waals surface area (Å²) in [6.45, 7) is 1.66. The average Bonchev–Trinajstić information content (AvgIpc) is 2.38. The van der Waals surface area contributed by atoms with E-state index in [1.807, 2.05) is 0 Å². The van der Waals surface area contributed by atoms with Crippen LogP contribution in [0.25, 0.3) is 0 Å². The van der Waals surface area contributed by atoms with Crippen LogP contribution in [0.5, 0.6) is 5.75 Å². The molecule has 0 fully saturated rings. The highest BCUT2D eigenvalue weighted by atomic mass is 35.5. The number of benzene rings is 1. The molecule has 19 heavy (non-hydrogen) atoms. The van der Waals surface area contributed by atoms with Crippen LogP contribution in [-0.4, -0.2) is 30.3 Å². The number of hydrogen-bond acceptors (Lipinski definition) is 3. The number of ether oxygens (including phenoxy) is 1. The number of urea groups is 1. The summed E-state index contributed by atoms with van der Waals surface area (Å²) < 4.78 is 5.01. The maximum absolute atomic E-state index is 11.7. The highest BCUT2D eigenvalue weighted by Gasteiger charge is 2.18. The average molecular weight is 287 g/mol. The fourth-order valence-corrected chi connectivity index (χ4v) is 1.55. The van der Waals surface area contributed by atoms with Crippen LogP contribution in [0.4, 0.5) is 10.5 Å². The highest BCUT2D eigenvalue weighted by Crippen LogP contribution is 2.26. The zero-order valence-electron chi connectivity index (χ0n) is 10.6. The number of carbonyl (C=O) groups is 2. The molecule has 104 valence electrons. The van der Waals surface area contributed by atoms with Crippen molar-refractivity contribution in [1.29, 1.82) is 0 Å². The molecular weight excluding hydrogens is 272 g/mol. The Bertz CT molecular complexity index is 479. The molecule has 0 aliphatic heterocycles. The van der Waals surface area contributed by atoms with E-state index in [0.717, 1.165) is 0 Å². The van der Waals surface area contributed by atoms with Crippen molar-refractivity contribution < 1.29 is 19.4 Å². The number of nitrogens with one attached hydrogen (secondary N) is 2. The lowest BCUT2D eigenvalue weighted by Crippen LogP contribution is -2.42. The minimum absolute atomic E-state index is 0.286. The van der Waals surface area contributed by atoms with E-state index < -0.39 is 18.0 Å². The van der Waals surface area contributed by atoms with E-state index in [1.54, 1.807) is 25.1 Å². The first-order valence-corrected chi connectivity index (χ1v) is 5.99. The standard InChI is InChI=1S/C12H15ClN2O4/c1-3-9(11(16)17)14-12(18)15-10-6-7(19-2)4-5-8(10)13/h4-6,9H,3H2,1-2H3,(H,16,17)(H2,14,15,18). The summed E-state index contributed by atoms with van der Waals surface area (Å²) in [7, 11) is 1.49. The largest absolute Gasteiger partial charge is 0.497 e. The predicted molar refractivity (Wildman–Crippen MR) is 71.9 cm³/mol. The van der Waals surface area contributed by atoms with Crippen molar-refractivity contribution in [2.45, 2.75) is 19.4 Å². The monoisotopic (exact) mass is 286 g/mol. The molecular formula is C12H15ClN2O4. The van der Waals surface area contributed by atoms with Crippen LogP contribution in [0.1, 0.15) is 13.3 Å². The van der Waals surface area contributed by atoms with Gasteiger partial charge in [-0.1, -0.05) is 18.5 Å². The number of aliphatic carboxylic acids is 1. The summed E-state index contributed by atoms with van der Waals surface area (Å²) in [5, 5.41) is 14.0. The summed E-state index contributed by atoms with van der Waals surface area (Å²) >= 11 is 5.92. The van der Waals surface area contributed by atoms with Crippen LogP contribution >= 0.6 is 11.6 Å². The first kappa shape index (κ1) is 15.1. The van der Waals surface area contributed by atoms with Gasteiger partial charge < -0.3 is 20.5 Å². The zero-order valence-corrected chi connectivity index (χ0v) is 11.3. The van der Waals surface area contributed by atoms with Gasteiger partial charge in [-0.05, 0) is 18.6 Å². The van der Waals surface area contributed by atoms with Gasteiger partial charge in [0.15, 0.2) is 0 Å². The van der Waals surface area contributed by atoms with Gasteiger partial charge >= 0.3 is 12.0 Å². The Morgan fingerprint density at radius 1 is 1.47 bits per heavy atom. The fourth-order valence-electron chi connectivity index (χ4n) is 1.38. The Morgan fingerprint density at radius 2 is 2.16 bits per heavy atom. The fraction of sp³-hybridized carbons (Fsp3) is 0.333. The molecule has 0 saturated heterocycles. The van der Waals surface area contributed by atoms with Crippen LogP contribution < -0.4 is 15.4 Å².